The molecule has 2 aliphatic heterocycles. The summed E-state index contributed by atoms with van der Waals surface area (Å²) in [6.45, 7) is 2.20. The van der Waals surface area contributed by atoms with Crippen molar-refractivity contribution >= 4 is 6.09 Å². The lowest BCUT2D eigenvalue weighted by Gasteiger charge is -2.43. The normalized spacial score (nSPS) is 26.0. The second kappa shape index (κ2) is 7.29. The first-order chi connectivity index (χ1) is 13.5. The maximum absolute atomic E-state index is 12.7. The number of fused-ring (bicyclic) bond motifs is 2. The highest BCUT2D eigenvalue weighted by atomic mass is 16.6. The summed E-state index contributed by atoms with van der Waals surface area (Å²) in [5, 5.41) is 20.9. The Balaban J connectivity index is 1.51. The number of hydrogen-bond donors (Lipinski definition) is 1. The number of aliphatic hydroxyl groups is 1. The molecule has 2 heterocycles. The van der Waals surface area contributed by atoms with Gasteiger partial charge in [-0.05, 0) is 31.4 Å². The average Bonchev–Trinajstić information content (AvgIpc) is 2.99. The van der Waals surface area contributed by atoms with Crippen LogP contribution in [0.1, 0.15) is 47.9 Å². The van der Waals surface area contributed by atoms with Gasteiger partial charge in [0.1, 0.15) is 6.61 Å². The van der Waals surface area contributed by atoms with E-state index in [1.807, 2.05) is 49.4 Å². The molecule has 2 saturated heterocycles. The van der Waals surface area contributed by atoms with E-state index in [1.165, 1.54) is 0 Å². The zero-order valence-corrected chi connectivity index (χ0v) is 16.0. The second-order valence-corrected chi connectivity index (χ2v) is 7.93. The van der Waals surface area contributed by atoms with Crippen molar-refractivity contribution in [2.75, 3.05) is 0 Å². The number of amides is 1. The molecule has 2 aromatic rings. The molecule has 1 amide bonds. The Bertz CT molecular complexity index is 905. The van der Waals surface area contributed by atoms with Gasteiger partial charge in [0, 0.05) is 30.5 Å². The minimum absolute atomic E-state index is 0.0703. The third-order valence-corrected chi connectivity index (χ3v) is 5.98. The van der Waals surface area contributed by atoms with Crippen molar-refractivity contribution in [1.82, 2.24) is 4.90 Å². The van der Waals surface area contributed by atoms with Crippen molar-refractivity contribution in [1.29, 1.82) is 5.26 Å². The van der Waals surface area contributed by atoms with Gasteiger partial charge in [-0.3, -0.25) is 0 Å². The fraction of sp³-hybridized carbons (Fsp3) is 0.391. The summed E-state index contributed by atoms with van der Waals surface area (Å²) in [5.74, 6) is 0. The summed E-state index contributed by atoms with van der Waals surface area (Å²) in [6, 6.07) is 17.2. The molecular weight excluding hydrogens is 352 g/mol. The molecule has 2 atom stereocenters. The van der Waals surface area contributed by atoms with Crippen molar-refractivity contribution in [3.63, 3.8) is 0 Å². The standard InChI is InChI=1S/C23H24N2O3/c1-16-7-8-18(14-24)21(11-16)23(27)12-19-9-10-20(13-23)25(19)22(26)28-15-17-5-3-2-4-6-17/h2-8,11,19-20,27H,9-10,12-13,15H2,1H3. The van der Waals surface area contributed by atoms with Crippen LogP contribution in [0.3, 0.4) is 0 Å². The van der Waals surface area contributed by atoms with Crippen LogP contribution in [-0.4, -0.2) is 28.2 Å². The Morgan fingerprint density at radius 2 is 1.89 bits per heavy atom. The summed E-state index contributed by atoms with van der Waals surface area (Å²) in [4.78, 5) is 14.5. The first-order valence-corrected chi connectivity index (χ1v) is 9.73. The minimum atomic E-state index is -1.08. The Morgan fingerprint density at radius 3 is 2.54 bits per heavy atom. The lowest BCUT2D eigenvalue weighted by molar-refractivity contribution is -0.0538. The predicted octanol–water partition coefficient (Wildman–Crippen LogP) is 4.02. The SMILES string of the molecule is Cc1ccc(C#N)c(C2(O)CC3CCC(C2)N3C(=O)OCc2ccccc2)c1. The van der Waals surface area contributed by atoms with Crippen molar-refractivity contribution in [2.45, 2.75) is 56.9 Å². The third-order valence-electron chi connectivity index (χ3n) is 5.98. The van der Waals surface area contributed by atoms with Gasteiger partial charge in [-0.25, -0.2) is 4.79 Å². The van der Waals surface area contributed by atoms with E-state index in [9.17, 15) is 15.2 Å². The van der Waals surface area contributed by atoms with Gasteiger partial charge >= 0.3 is 6.09 Å². The van der Waals surface area contributed by atoms with Gasteiger partial charge in [0.25, 0.3) is 0 Å². The van der Waals surface area contributed by atoms with E-state index in [-0.39, 0.29) is 24.8 Å². The molecular formula is C23H24N2O3. The van der Waals surface area contributed by atoms with Crippen LogP contribution in [-0.2, 0) is 16.9 Å². The highest BCUT2D eigenvalue weighted by Crippen LogP contribution is 2.46. The topological polar surface area (TPSA) is 73.6 Å². The summed E-state index contributed by atoms with van der Waals surface area (Å²) >= 11 is 0. The zero-order chi connectivity index (χ0) is 19.7. The Kier molecular flexibility index (Phi) is 4.82. The molecule has 28 heavy (non-hydrogen) atoms. The molecule has 5 heteroatoms. The third kappa shape index (κ3) is 3.36. The number of aryl methyl sites for hydroxylation is 1. The van der Waals surface area contributed by atoms with Crippen LogP contribution in [0, 0.1) is 18.3 Å². The van der Waals surface area contributed by atoms with Gasteiger partial charge in [-0.15, -0.1) is 0 Å². The Hall–Kier alpha value is -2.84. The highest BCUT2D eigenvalue weighted by molar-refractivity contribution is 5.69. The minimum Gasteiger partial charge on any atom is -0.445 e. The number of rotatable bonds is 3. The molecule has 4 rings (SSSR count). The largest absolute Gasteiger partial charge is 0.445 e. The van der Waals surface area contributed by atoms with Crippen molar-refractivity contribution < 1.29 is 14.6 Å². The van der Waals surface area contributed by atoms with Crippen LogP contribution in [0.5, 0.6) is 0 Å². The number of hydrogen-bond acceptors (Lipinski definition) is 4. The van der Waals surface area contributed by atoms with Crippen molar-refractivity contribution in [3.8, 4) is 6.07 Å². The maximum Gasteiger partial charge on any atom is 0.410 e. The van der Waals surface area contributed by atoms with Gasteiger partial charge in [0.05, 0.1) is 17.2 Å². The van der Waals surface area contributed by atoms with Gasteiger partial charge in [0.2, 0.25) is 0 Å². The number of nitriles is 1. The number of carbonyl (C=O) groups excluding carboxylic acids is 1. The Morgan fingerprint density at radius 1 is 1.21 bits per heavy atom. The van der Waals surface area contributed by atoms with E-state index in [1.54, 1.807) is 11.0 Å². The summed E-state index contributed by atoms with van der Waals surface area (Å²) in [5.41, 5.74) is 2.07. The molecule has 2 fully saturated rings. The van der Waals surface area contributed by atoms with E-state index in [0.717, 1.165) is 24.0 Å². The van der Waals surface area contributed by atoms with E-state index in [0.29, 0.717) is 24.0 Å². The highest BCUT2D eigenvalue weighted by Gasteiger charge is 2.51. The predicted molar refractivity (Wildman–Crippen MR) is 104 cm³/mol. The molecule has 2 aliphatic rings. The lowest BCUT2D eigenvalue weighted by atomic mass is 9.78. The van der Waals surface area contributed by atoms with Crippen LogP contribution in [0.2, 0.25) is 0 Å². The molecule has 1 N–H and O–H groups in total. The van der Waals surface area contributed by atoms with Crippen LogP contribution < -0.4 is 0 Å². The number of benzene rings is 2. The molecule has 0 spiro atoms. The molecule has 144 valence electrons. The number of carbonyl (C=O) groups is 1. The molecule has 5 nitrogen and oxygen atoms in total. The lowest BCUT2D eigenvalue weighted by Crippen LogP contribution is -2.52. The van der Waals surface area contributed by atoms with Crippen LogP contribution in [0.15, 0.2) is 48.5 Å². The molecule has 0 aromatic heterocycles. The van der Waals surface area contributed by atoms with E-state index in [2.05, 4.69) is 6.07 Å². The molecule has 0 radical (unpaired) electrons. The number of piperidine rings is 1. The smallest absolute Gasteiger partial charge is 0.410 e. The van der Waals surface area contributed by atoms with Gasteiger partial charge in [-0.1, -0.05) is 48.0 Å². The first-order valence-electron chi connectivity index (χ1n) is 9.73. The quantitative estimate of drug-likeness (QED) is 0.878. The van der Waals surface area contributed by atoms with Crippen LogP contribution >= 0.6 is 0 Å². The molecule has 2 aromatic carbocycles. The van der Waals surface area contributed by atoms with Crippen LogP contribution in [0.4, 0.5) is 4.79 Å². The fourth-order valence-corrected chi connectivity index (χ4v) is 4.68. The van der Waals surface area contributed by atoms with Crippen molar-refractivity contribution in [3.05, 3.63) is 70.8 Å². The molecule has 2 unspecified atom stereocenters. The average molecular weight is 376 g/mol. The molecule has 0 aliphatic carbocycles. The van der Waals surface area contributed by atoms with Crippen LogP contribution in [0.25, 0.3) is 0 Å². The summed E-state index contributed by atoms with van der Waals surface area (Å²) < 4.78 is 5.54. The van der Waals surface area contributed by atoms with Gasteiger partial charge in [0.15, 0.2) is 0 Å². The number of ether oxygens (including phenoxy) is 1. The van der Waals surface area contributed by atoms with E-state index in [4.69, 9.17) is 4.74 Å². The summed E-state index contributed by atoms with van der Waals surface area (Å²) in [6.07, 6.45) is 2.25. The monoisotopic (exact) mass is 376 g/mol. The zero-order valence-electron chi connectivity index (χ0n) is 16.0. The van der Waals surface area contributed by atoms with E-state index >= 15 is 0 Å². The molecule has 0 saturated carbocycles. The van der Waals surface area contributed by atoms with Gasteiger partial charge in [-0.2, -0.15) is 5.26 Å². The fourth-order valence-electron chi connectivity index (χ4n) is 4.68. The molecule has 2 bridgehead atoms. The number of nitrogens with zero attached hydrogens (tertiary/aromatic N) is 2. The van der Waals surface area contributed by atoms with E-state index < -0.39 is 5.60 Å². The Labute approximate surface area is 165 Å². The van der Waals surface area contributed by atoms with Gasteiger partial charge < -0.3 is 14.7 Å². The summed E-state index contributed by atoms with van der Waals surface area (Å²) in [7, 11) is 0. The second-order valence-electron chi connectivity index (χ2n) is 7.93. The maximum atomic E-state index is 12.7. The van der Waals surface area contributed by atoms with Crippen molar-refractivity contribution in [2.24, 2.45) is 0 Å². The first kappa shape index (κ1) is 18.5.